The number of halogens is 3. The highest BCUT2D eigenvalue weighted by Gasteiger charge is 2.38. The number of hydrogen-bond acceptors (Lipinski definition) is 10. The minimum absolute atomic E-state index is 0.0202. The van der Waals surface area contributed by atoms with Gasteiger partial charge in [0, 0.05) is 57.3 Å². The van der Waals surface area contributed by atoms with Crippen molar-refractivity contribution in [1.82, 2.24) is 29.7 Å². The minimum Gasteiger partial charge on any atom is -0.497 e. The van der Waals surface area contributed by atoms with E-state index >= 15 is 0 Å². The maximum Gasteiger partial charge on any atom is 0.433 e. The van der Waals surface area contributed by atoms with E-state index in [0.29, 0.717) is 49.3 Å². The Hall–Kier alpha value is -5.05. The molecule has 4 aromatic rings. The minimum atomic E-state index is -4.74. The van der Waals surface area contributed by atoms with E-state index in [1.807, 2.05) is 18.2 Å². The molecule has 1 fully saturated rings. The summed E-state index contributed by atoms with van der Waals surface area (Å²) in [4.78, 5) is 29.6. The first-order valence-corrected chi connectivity index (χ1v) is 14.5. The Morgan fingerprint density at radius 3 is 2.43 bits per heavy atom. The first-order chi connectivity index (χ1) is 22.2. The van der Waals surface area contributed by atoms with Crippen LogP contribution in [0.25, 0.3) is 5.95 Å². The fourth-order valence-electron chi connectivity index (χ4n) is 5.41. The molecule has 2 aliphatic heterocycles. The number of benzene rings is 2. The monoisotopic (exact) mass is 639 g/mol. The molecule has 6 rings (SSSR count). The largest absolute Gasteiger partial charge is 0.497 e. The number of anilines is 1. The van der Waals surface area contributed by atoms with Gasteiger partial charge >= 0.3 is 6.18 Å². The molecule has 15 heteroatoms. The number of imidazole rings is 1. The van der Waals surface area contributed by atoms with E-state index in [1.54, 1.807) is 23.1 Å². The first-order valence-electron chi connectivity index (χ1n) is 14.5. The van der Waals surface area contributed by atoms with E-state index in [4.69, 9.17) is 18.9 Å². The number of methoxy groups -OCH3 is 2. The molecular formula is C31H32F3N7O5. The number of hydrogen-bond donors (Lipinski definition) is 1. The summed E-state index contributed by atoms with van der Waals surface area (Å²) in [5, 5.41) is 2.95. The zero-order chi connectivity index (χ0) is 32.3. The zero-order valence-corrected chi connectivity index (χ0v) is 25.2. The second-order valence-electron chi connectivity index (χ2n) is 10.7. The quantitative estimate of drug-likeness (QED) is 0.292. The summed E-state index contributed by atoms with van der Waals surface area (Å²) < 4.78 is 65.4. The number of fused-ring (bicyclic) bond motifs is 1. The third-order valence-electron chi connectivity index (χ3n) is 7.68. The van der Waals surface area contributed by atoms with Crippen LogP contribution in [0.2, 0.25) is 0 Å². The van der Waals surface area contributed by atoms with Gasteiger partial charge in [-0.05, 0) is 35.4 Å². The Labute approximate surface area is 262 Å². The Bertz CT molecular complexity index is 1660. The van der Waals surface area contributed by atoms with Crippen molar-refractivity contribution in [3.8, 4) is 28.9 Å². The topological polar surface area (TPSA) is 116 Å². The smallest absolute Gasteiger partial charge is 0.433 e. The van der Waals surface area contributed by atoms with Crippen molar-refractivity contribution >= 4 is 11.7 Å². The molecule has 1 atom stereocenters. The predicted molar refractivity (Wildman–Crippen MR) is 159 cm³/mol. The third-order valence-corrected chi connectivity index (χ3v) is 7.68. The summed E-state index contributed by atoms with van der Waals surface area (Å²) in [7, 11) is 3.06. The van der Waals surface area contributed by atoms with Gasteiger partial charge in [-0.2, -0.15) is 18.2 Å². The van der Waals surface area contributed by atoms with Gasteiger partial charge in [0.25, 0.3) is 0 Å². The highest BCUT2D eigenvalue weighted by Crippen LogP contribution is 2.33. The van der Waals surface area contributed by atoms with Crippen molar-refractivity contribution in [2.24, 2.45) is 0 Å². The van der Waals surface area contributed by atoms with E-state index in [-0.39, 0.29) is 37.3 Å². The average molecular weight is 640 g/mol. The molecule has 2 aliphatic rings. The molecule has 1 N–H and O–H groups in total. The van der Waals surface area contributed by atoms with Crippen LogP contribution in [0.4, 0.5) is 19.0 Å². The van der Waals surface area contributed by atoms with Crippen LogP contribution in [-0.4, -0.2) is 83.4 Å². The summed E-state index contributed by atoms with van der Waals surface area (Å²) >= 11 is 0. The number of carbonyl (C=O) groups excluding carboxylic acids is 1. The number of piperazine rings is 1. The molecule has 4 heterocycles. The van der Waals surface area contributed by atoms with Gasteiger partial charge in [-0.3, -0.25) is 14.3 Å². The number of carbonyl (C=O) groups is 1. The van der Waals surface area contributed by atoms with Gasteiger partial charge in [0.15, 0.2) is 17.2 Å². The summed E-state index contributed by atoms with van der Waals surface area (Å²) in [5.74, 6) is 1.83. The lowest BCUT2D eigenvalue weighted by Crippen LogP contribution is -2.59. The molecule has 1 unspecified atom stereocenters. The SMILES string of the molecule is COc1cc(CNC(=O)C2CN(Cc3ccc4c(c3)OCCO4)CCN2c2cc(C(F)(F)F)nc(-n3ccnc3)n2)cc(OC)c1. The van der Waals surface area contributed by atoms with E-state index in [2.05, 4.69) is 25.2 Å². The maximum absolute atomic E-state index is 14.0. The van der Waals surface area contributed by atoms with E-state index in [0.717, 1.165) is 17.2 Å². The van der Waals surface area contributed by atoms with Gasteiger partial charge in [0.05, 0.1) is 14.2 Å². The van der Waals surface area contributed by atoms with Gasteiger partial charge in [-0.25, -0.2) is 9.97 Å². The van der Waals surface area contributed by atoms with Crippen molar-refractivity contribution in [2.75, 3.05) is 52.0 Å². The zero-order valence-electron chi connectivity index (χ0n) is 25.2. The normalized spacial score (nSPS) is 16.6. The molecule has 242 valence electrons. The van der Waals surface area contributed by atoms with Gasteiger partial charge in [0.1, 0.15) is 42.9 Å². The van der Waals surface area contributed by atoms with Crippen molar-refractivity contribution in [3.63, 3.8) is 0 Å². The predicted octanol–water partition coefficient (Wildman–Crippen LogP) is 3.48. The molecule has 0 aliphatic carbocycles. The number of alkyl halides is 3. The van der Waals surface area contributed by atoms with E-state index in [9.17, 15) is 18.0 Å². The second kappa shape index (κ2) is 13.1. The van der Waals surface area contributed by atoms with Gasteiger partial charge in [-0.15, -0.1) is 0 Å². The number of ether oxygens (including phenoxy) is 4. The second-order valence-corrected chi connectivity index (χ2v) is 10.7. The fraction of sp³-hybridized carbons (Fsp3) is 0.355. The number of amides is 1. The number of rotatable bonds is 9. The fourth-order valence-corrected chi connectivity index (χ4v) is 5.41. The van der Waals surface area contributed by atoms with Crippen LogP contribution in [0.1, 0.15) is 16.8 Å². The lowest BCUT2D eigenvalue weighted by Gasteiger charge is -2.41. The Balaban J connectivity index is 1.29. The van der Waals surface area contributed by atoms with E-state index < -0.39 is 17.9 Å². The van der Waals surface area contributed by atoms with Gasteiger partial charge in [-0.1, -0.05) is 6.07 Å². The van der Waals surface area contributed by atoms with Crippen LogP contribution in [-0.2, 0) is 24.1 Å². The number of nitrogens with one attached hydrogen (secondary N) is 1. The Morgan fingerprint density at radius 2 is 1.74 bits per heavy atom. The molecule has 0 bridgehead atoms. The molecule has 2 aromatic carbocycles. The van der Waals surface area contributed by atoms with Gasteiger partial charge in [0.2, 0.25) is 11.9 Å². The third kappa shape index (κ3) is 6.93. The average Bonchev–Trinajstić information content (AvgIpc) is 3.62. The lowest BCUT2D eigenvalue weighted by atomic mass is 10.1. The molecule has 1 saturated heterocycles. The summed E-state index contributed by atoms with van der Waals surface area (Å²) in [6.45, 7) is 2.46. The molecule has 0 spiro atoms. The summed E-state index contributed by atoms with van der Waals surface area (Å²) in [6, 6.07) is 10.9. The standard InChI is InChI=1S/C31H32F3N7O5/c1-43-22-11-21(12-23(14-22)44-2)16-36-29(42)24-18-39(17-20-3-4-25-26(13-20)46-10-9-45-25)7-8-41(24)28-15-27(31(32,33)34)37-30(38-28)40-6-5-35-19-40/h3-6,11-15,19,24H,7-10,16-18H2,1-2H3,(H,36,42). The molecule has 12 nitrogen and oxygen atoms in total. The van der Waals surface area contributed by atoms with Crippen LogP contribution in [0.3, 0.4) is 0 Å². The molecule has 0 saturated carbocycles. The summed E-state index contributed by atoms with van der Waals surface area (Å²) in [6.07, 6.45) is -0.547. The highest BCUT2D eigenvalue weighted by atomic mass is 19.4. The van der Waals surface area contributed by atoms with Crippen molar-refractivity contribution in [2.45, 2.75) is 25.3 Å². The van der Waals surface area contributed by atoms with Crippen molar-refractivity contribution < 1.29 is 36.9 Å². The van der Waals surface area contributed by atoms with Crippen LogP contribution < -0.4 is 29.2 Å². The molecule has 2 aromatic heterocycles. The Kier molecular flexibility index (Phi) is 8.83. The highest BCUT2D eigenvalue weighted by molar-refractivity contribution is 5.85. The van der Waals surface area contributed by atoms with Crippen LogP contribution >= 0.6 is 0 Å². The van der Waals surface area contributed by atoms with Crippen molar-refractivity contribution in [1.29, 1.82) is 0 Å². The first kappa shape index (κ1) is 31.0. The van der Waals surface area contributed by atoms with E-state index in [1.165, 1.54) is 37.5 Å². The Morgan fingerprint density at radius 1 is 0.978 bits per heavy atom. The van der Waals surface area contributed by atoms with Crippen molar-refractivity contribution in [3.05, 3.63) is 78.0 Å². The molecule has 1 amide bonds. The molecular weight excluding hydrogens is 607 g/mol. The molecule has 0 radical (unpaired) electrons. The van der Waals surface area contributed by atoms with Crippen LogP contribution in [0.15, 0.2) is 61.2 Å². The molecule has 46 heavy (non-hydrogen) atoms. The van der Waals surface area contributed by atoms with Crippen LogP contribution in [0.5, 0.6) is 23.0 Å². The van der Waals surface area contributed by atoms with Crippen LogP contribution in [0, 0.1) is 0 Å². The maximum atomic E-state index is 14.0. The van der Waals surface area contributed by atoms with Gasteiger partial charge < -0.3 is 29.2 Å². The summed E-state index contributed by atoms with van der Waals surface area (Å²) in [5.41, 5.74) is 0.551. The number of aromatic nitrogens is 4. The number of nitrogens with zero attached hydrogens (tertiary/aromatic N) is 6. The lowest BCUT2D eigenvalue weighted by molar-refractivity contribution is -0.141.